The molecule has 9 atom stereocenters. The van der Waals surface area contributed by atoms with E-state index in [1.807, 2.05) is 0 Å². The monoisotopic (exact) mass is 402 g/mol. The molecular formula is C25H38O4. The van der Waals surface area contributed by atoms with Gasteiger partial charge in [-0.05, 0) is 86.4 Å². The molecule has 4 fully saturated rings. The van der Waals surface area contributed by atoms with Crippen molar-refractivity contribution in [2.75, 3.05) is 0 Å². The molecule has 4 saturated carbocycles. The van der Waals surface area contributed by atoms with Crippen molar-refractivity contribution < 1.29 is 19.1 Å². The van der Waals surface area contributed by atoms with Crippen LogP contribution in [0.4, 0.5) is 0 Å². The smallest absolute Gasteiger partial charge is 0.302 e. The Balaban J connectivity index is 1.62. The molecule has 0 aromatic rings. The molecule has 0 amide bonds. The van der Waals surface area contributed by atoms with Gasteiger partial charge in [0.15, 0.2) is 0 Å². The zero-order chi connectivity index (χ0) is 21.0. The fourth-order valence-electron chi connectivity index (χ4n) is 8.31. The summed E-state index contributed by atoms with van der Waals surface area (Å²) >= 11 is 0. The second kappa shape index (κ2) is 7.42. The molecule has 0 aromatic carbocycles. The van der Waals surface area contributed by atoms with E-state index in [4.69, 9.17) is 9.47 Å². The van der Waals surface area contributed by atoms with E-state index in [1.54, 1.807) is 6.92 Å². The summed E-state index contributed by atoms with van der Waals surface area (Å²) in [5.41, 5.74) is 0.276. The Bertz CT molecular complexity index is 686. The van der Waals surface area contributed by atoms with Gasteiger partial charge in [-0.1, -0.05) is 19.9 Å². The van der Waals surface area contributed by atoms with Crippen molar-refractivity contribution in [1.82, 2.24) is 0 Å². The molecule has 0 aliphatic heterocycles. The van der Waals surface area contributed by atoms with Crippen LogP contribution in [0.1, 0.15) is 79.1 Å². The van der Waals surface area contributed by atoms with E-state index >= 15 is 0 Å². The Morgan fingerprint density at radius 3 is 2.31 bits per heavy atom. The number of hydrogen-bond donors (Lipinski definition) is 0. The summed E-state index contributed by atoms with van der Waals surface area (Å²) in [6, 6.07) is 0. The second-order valence-electron chi connectivity index (χ2n) is 10.8. The van der Waals surface area contributed by atoms with Crippen molar-refractivity contribution >= 4 is 11.9 Å². The first-order valence-electron chi connectivity index (χ1n) is 11.7. The Hall–Kier alpha value is -1.32. The Morgan fingerprint density at radius 1 is 0.931 bits per heavy atom. The third kappa shape index (κ3) is 3.25. The highest BCUT2D eigenvalue weighted by Gasteiger charge is 2.64. The maximum atomic E-state index is 12.0. The summed E-state index contributed by atoms with van der Waals surface area (Å²) in [5.74, 6) is 2.63. The third-order valence-corrected chi connectivity index (χ3v) is 9.69. The standard InChI is InChI=1S/C25H38O4/c1-6-17-8-10-21-20-9-7-18-13-19(28-15(2)26)11-12-24(18,4)22(20)14-23(25(17,21)5)29-16(3)27/h6,17-23H,1,7-14H2,2-5H3/t17-,18+,19-,20-,21-,22-,23-,24-,25+/m0/s1. The van der Waals surface area contributed by atoms with Crippen molar-refractivity contribution in [3.63, 3.8) is 0 Å². The SMILES string of the molecule is C=C[C@H]1CC[C@H]2[C@@H]3CC[C@@H]4C[C@@H](OC(C)=O)CC[C@]4(C)[C@H]3C[C@H](OC(C)=O)[C@]12C. The predicted octanol–water partition coefficient (Wildman–Crippen LogP) is 5.30. The number of rotatable bonds is 3. The summed E-state index contributed by atoms with van der Waals surface area (Å²) < 4.78 is 11.6. The van der Waals surface area contributed by atoms with E-state index in [9.17, 15) is 9.59 Å². The molecule has 0 saturated heterocycles. The number of fused-ring (bicyclic) bond motifs is 5. The summed E-state index contributed by atoms with van der Waals surface area (Å²) in [4.78, 5) is 23.5. The normalized spacial score (nSPS) is 48.6. The largest absolute Gasteiger partial charge is 0.463 e. The molecule has 0 aromatic heterocycles. The molecule has 0 spiro atoms. The first-order valence-corrected chi connectivity index (χ1v) is 11.7. The van der Waals surface area contributed by atoms with E-state index in [-0.39, 0.29) is 35.0 Å². The predicted molar refractivity (Wildman–Crippen MR) is 112 cm³/mol. The van der Waals surface area contributed by atoms with Crippen LogP contribution in [0.5, 0.6) is 0 Å². The van der Waals surface area contributed by atoms with Crippen LogP contribution in [-0.4, -0.2) is 24.1 Å². The zero-order valence-corrected chi connectivity index (χ0v) is 18.6. The average molecular weight is 403 g/mol. The molecule has 0 heterocycles. The third-order valence-electron chi connectivity index (χ3n) is 9.69. The first kappa shape index (κ1) is 20.9. The highest BCUT2D eigenvalue weighted by Crippen LogP contribution is 2.68. The van der Waals surface area contributed by atoms with Gasteiger partial charge in [-0.15, -0.1) is 6.58 Å². The number of ether oxygens (including phenoxy) is 2. The molecular weight excluding hydrogens is 364 g/mol. The minimum Gasteiger partial charge on any atom is -0.463 e. The van der Waals surface area contributed by atoms with Crippen LogP contribution in [-0.2, 0) is 19.1 Å². The Labute approximate surface area is 175 Å². The number of allylic oxidation sites excluding steroid dienone is 1. The number of hydrogen-bond acceptors (Lipinski definition) is 4. The van der Waals surface area contributed by atoms with Crippen molar-refractivity contribution in [2.24, 2.45) is 40.4 Å². The van der Waals surface area contributed by atoms with Crippen LogP contribution in [0.3, 0.4) is 0 Å². The zero-order valence-electron chi connectivity index (χ0n) is 18.6. The highest BCUT2D eigenvalue weighted by atomic mass is 16.5. The van der Waals surface area contributed by atoms with E-state index in [1.165, 1.54) is 32.6 Å². The van der Waals surface area contributed by atoms with Crippen molar-refractivity contribution in [1.29, 1.82) is 0 Å². The van der Waals surface area contributed by atoms with Crippen LogP contribution >= 0.6 is 0 Å². The minimum absolute atomic E-state index is 0.0153. The molecule has 4 aliphatic carbocycles. The average Bonchev–Trinajstić information content (AvgIpc) is 2.99. The fraction of sp³-hybridized carbons (Fsp3) is 0.840. The van der Waals surface area contributed by atoms with Gasteiger partial charge in [0.2, 0.25) is 0 Å². The molecule has 0 unspecified atom stereocenters. The molecule has 0 radical (unpaired) electrons. The number of carbonyl (C=O) groups is 2. The summed E-state index contributed by atoms with van der Waals surface area (Å²) in [7, 11) is 0. The summed E-state index contributed by atoms with van der Waals surface area (Å²) in [6.45, 7) is 12.0. The number of esters is 2. The van der Waals surface area contributed by atoms with Gasteiger partial charge >= 0.3 is 11.9 Å². The topological polar surface area (TPSA) is 52.6 Å². The van der Waals surface area contributed by atoms with Gasteiger partial charge in [-0.2, -0.15) is 0 Å². The second-order valence-corrected chi connectivity index (χ2v) is 10.8. The highest BCUT2D eigenvalue weighted by molar-refractivity contribution is 5.66. The summed E-state index contributed by atoms with van der Waals surface area (Å²) in [6.07, 6.45) is 11.1. The molecule has 162 valence electrons. The maximum absolute atomic E-state index is 12.0. The first-order chi connectivity index (χ1) is 13.7. The van der Waals surface area contributed by atoms with Gasteiger partial charge in [-0.3, -0.25) is 9.59 Å². The molecule has 4 nitrogen and oxygen atoms in total. The quantitative estimate of drug-likeness (QED) is 0.474. The molecule has 4 heteroatoms. The Morgan fingerprint density at radius 2 is 1.66 bits per heavy atom. The van der Waals surface area contributed by atoms with Crippen LogP contribution in [0, 0.1) is 40.4 Å². The van der Waals surface area contributed by atoms with Crippen LogP contribution in [0.2, 0.25) is 0 Å². The molecule has 4 aliphatic rings. The Kier molecular flexibility index (Phi) is 5.36. The fourth-order valence-corrected chi connectivity index (χ4v) is 8.31. The van der Waals surface area contributed by atoms with Crippen molar-refractivity contribution in [3.8, 4) is 0 Å². The van der Waals surface area contributed by atoms with Gasteiger partial charge in [-0.25, -0.2) is 0 Å². The lowest BCUT2D eigenvalue weighted by atomic mass is 9.44. The van der Waals surface area contributed by atoms with Gasteiger partial charge in [0, 0.05) is 19.3 Å². The minimum atomic E-state index is -0.155. The van der Waals surface area contributed by atoms with Gasteiger partial charge in [0.25, 0.3) is 0 Å². The molecule has 0 N–H and O–H groups in total. The van der Waals surface area contributed by atoms with E-state index in [0.717, 1.165) is 25.7 Å². The number of carbonyl (C=O) groups excluding carboxylic acids is 2. The van der Waals surface area contributed by atoms with Crippen molar-refractivity contribution in [2.45, 2.75) is 91.3 Å². The van der Waals surface area contributed by atoms with Crippen LogP contribution in [0.15, 0.2) is 12.7 Å². The van der Waals surface area contributed by atoms with E-state index in [2.05, 4.69) is 26.5 Å². The van der Waals surface area contributed by atoms with Gasteiger partial charge < -0.3 is 9.47 Å². The van der Waals surface area contributed by atoms with Gasteiger partial charge in [0.1, 0.15) is 12.2 Å². The van der Waals surface area contributed by atoms with Crippen LogP contribution in [0.25, 0.3) is 0 Å². The molecule has 0 bridgehead atoms. The van der Waals surface area contributed by atoms with Crippen LogP contribution < -0.4 is 0 Å². The summed E-state index contributed by atoms with van der Waals surface area (Å²) in [5, 5.41) is 0. The molecule has 29 heavy (non-hydrogen) atoms. The van der Waals surface area contributed by atoms with Crippen molar-refractivity contribution in [3.05, 3.63) is 12.7 Å². The van der Waals surface area contributed by atoms with Gasteiger partial charge in [0.05, 0.1) is 0 Å². The maximum Gasteiger partial charge on any atom is 0.302 e. The lowest BCUT2D eigenvalue weighted by molar-refractivity contribution is -0.192. The van der Waals surface area contributed by atoms with E-state index in [0.29, 0.717) is 29.6 Å². The lowest BCUT2D eigenvalue weighted by Gasteiger charge is -2.62. The lowest BCUT2D eigenvalue weighted by Crippen LogP contribution is -2.59. The van der Waals surface area contributed by atoms with E-state index < -0.39 is 0 Å². The molecule has 4 rings (SSSR count).